The van der Waals surface area contributed by atoms with Crippen molar-refractivity contribution in [3.8, 4) is 5.75 Å². The smallest absolute Gasteiger partial charge is 0.272 e. The molecule has 15 heavy (non-hydrogen) atoms. The van der Waals surface area contributed by atoms with Crippen molar-refractivity contribution in [3.63, 3.8) is 0 Å². The van der Waals surface area contributed by atoms with Crippen LogP contribution in [0.3, 0.4) is 0 Å². The van der Waals surface area contributed by atoms with Gasteiger partial charge in [0, 0.05) is 5.56 Å². The van der Waals surface area contributed by atoms with Gasteiger partial charge in [-0.15, -0.1) is 0 Å². The second-order valence-electron chi connectivity index (χ2n) is 3.42. The molecule has 1 aromatic carbocycles. The predicted molar refractivity (Wildman–Crippen MR) is 53.3 cm³/mol. The van der Waals surface area contributed by atoms with Gasteiger partial charge in [0.1, 0.15) is 12.4 Å². The Labute approximate surface area is 87.5 Å². The Bertz CT molecular complexity index is 324. The van der Waals surface area contributed by atoms with Gasteiger partial charge in [-0.1, -0.05) is 12.1 Å². The zero-order chi connectivity index (χ0) is 11.4. The van der Waals surface area contributed by atoms with Crippen molar-refractivity contribution in [2.24, 2.45) is 0 Å². The van der Waals surface area contributed by atoms with Gasteiger partial charge < -0.3 is 9.84 Å². The molecular formula is C11H14F2O2. The lowest BCUT2D eigenvalue weighted by molar-refractivity contribution is 0.0794. The molecule has 1 atom stereocenters. The minimum absolute atomic E-state index is 0.324. The van der Waals surface area contributed by atoms with Gasteiger partial charge in [-0.3, -0.25) is 0 Å². The number of rotatable bonds is 4. The van der Waals surface area contributed by atoms with Crippen LogP contribution in [0.25, 0.3) is 0 Å². The van der Waals surface area contributed by atoms with Gasteiger partial charge in [-0.2, -0.15) is 0 Å². The van der Waals surface area contributed by atoms with Gasteiger partial charge in [-0.05, 0) is 25.5 Å². The van der Waals surface area contributed by atoms with Crippen molar-refractivity contribution in [2.45, 2.75) is 26.4 Å². The summed E-state index contributed by atoms with van der Waals surface area (Å²) in [7, 11) is 0. The van der Waals surface area contributed by atoms with E-state index in [1.54, 1.807) is 25.1 Å². The van der Waals surface area contributed by atoms with E-state index in [1.807, 2.05) is 6.92 Å². The summed E-state index contributed by atoms with van der Waals surface area (Å²) in [5, 5.41) is 9.39. The maximum atomic E-state index is 12.0. The van der Waals surface area contributed by atoms with E-state index in [0.29, 0.717) is 11.3 Å². The van der Waals surface area contributed by atoms with E-state index in [9.17, 15) is 13.9 Å². The van der Waals surface area contributed by atoms with Crippen molar-refractivity contribution in [1.29, 1.82) is 0 Å². The highest BCUT2D eigenvalue weighted by Gasteiger charge is 2.11. The van der Waals surface area contributed by atoms with Crippen molar-refractivity contribution >= 4 is 0 Å². The molecule has 0 aliphatic rings. The molecule has 0 amide bonds. The normalized spacial score (nSPS) is 12.9. The molecule has 0 fully saturated rings. The van der Waals surface area contributed by atoms with Crippen molar-refractivity contribution in [3.05, 3.63) is 29.3 Å². The summed E-state index contributed by atoms with van der Waals surface area (Å²) < 4.78 is 28.9. The number of hydrogen-bond donors (Lipinski definition) is 1. The summed E-state index contributed by atoms with van der Waals surface area (Å²) in [6.07, 6.45) is -3.23. The van der Waals surface area contributed by atoms with Crippen LogP contribution < -0.4 is 4.74 Å². The number of alkyl halides is 2. The van der Waals surface area contributed by atoms with Gasteiger partial charge >= 0.3 is 0 Å². The van der Waals surface area contributed by atoms with Gasteiger partial charge in [0.2, 0.25) is 0 Å². The number of aliphatic hydroxyl groups is 1. The van der Waals surface area contributed by atoms with Gasteiger partial charge in [0.05, 0.1) is 6.10 Å². The lowest BCUT2D eigenvalue weighted by Crippen LogP contribution is -2.09. The number of aryl methyl sites for hydroxylation is 1. The Morgan fingerprint density at radius 2 is 2.07 bits per heavy atom. The molecule has 0 spiro atoms. The van der Waals surface area contributed by atoms with E-state index < -0.39 is 19.1 Å². The molecule has 1 aromatic rings. The monoisotopic (exact) mass is 216 g/mol. The van der Waals surface area contributed by atoms with Crippen LogP contribution in [0.15, 0.2) is 18.2 Å². The fraction of sp³-hybridized carbons (Fsp3) is 0.455. The fourth-order valence-corrected chi connectivity index (χ4v) is 1.26. The first-order chi connectivity index (χ1) is 7.00. The standard InChI is InChI=1S/C11H14F2O2/c1-7-3-4-9(8(2)14)10(5-7)15-6-11(12)13/h3-5,8,11,14H,6H2,1-2H3. The average Bonchev–Trinajstić information content (AvgIpc) is 2.14. The number of aliphatic hydroxyl groups excluding tert-OH is 1. The molecule has 2 nitrogen and oxygen atoms in total. The number of halogens is 2. The maximum Gasteiger partial charge on any atom is 0.272 e. The molecule has 0 radical (unpaired) electrons. The molecule has 0 heterocycles. The first kappa shape index (κ1) is 11.9. The topological polar surface area (TPSA) is 29.5 Å². The van der Waals surface area contributed by atoms with Crippen LogP contribution in [-0.4, -0.2) is 18.1 Å². The van der Waals surface area contributed by atoms with Crippen LogP contribution in [0.4, 0.5) is 8.78 Å². The first-order valence-electron chi connectivity index (χ1n) is 4.70. The average molecular weight is 216 g/mol. The highest BCUT2D eigenvalue weighted by molar-refractivity contribution is 5.38. The second kappa shape index (κ2) is 5.07. The molecule has 84 valence electrons. The summed E-state index contributed by atoms with van der Waals surface area (Å²) >= 11 is 0. The SMILES string of the molecule is Cc1ccc(C(C)O)c(OCC(F)F)c1. The van der Waals surface area contributed by atoms with Crippen molar-refractivity contribution in [1.82, 2.24) is 0 Å². The Morgan fingerprint density at radius 3 is 2.60 bits per heavy atom. The largest absolute Gasteiger partial charge is 0.487 e. The van der Waals surface area contributed by atoms with E-state index in [4.69, 9.17) is 4.74 Å². The molecule has 4 heteroatoms. The Hall–Kier alpha value is -1.16. The highest BCUT2D eigenvalue weighted by Crippen LogP contribution is 2.26. The van der Waals surface area contributed by atoms with Gasteiger partial charge in [-0.25, -0.2) is 8.78 Å². The molecule has 0 bridgehead atoms. The molecule has 0 aliphatic heterocycles. The Balaban J connectivity index is 2.87. The molecule has 1 rings (SSSR count). The van der Waals surface area contributed by atoms with Crippen LogP contribution in [0.1, 0.15) is 24.2 Å². The predicted octanol–water partition coefficient (Wildman–Crippen LogP) is 2.69. The third-order valence-corrected chi connectivity index (χ3v) is 1.98. The summed E-state index contributed by atoms with van der Waals surface area (Å²) in [6.45, 7) is 2.75. The molecule has 0 aliphatic carbocycles. The molecule has 0 saturated heterocycles. The third-order valence-electron chi connectivity index (χ3n) is 1.98. The summed E-state index contributed by atoms with van der Waals surface area (Å²) in [5.74, 6) is 0.324. The highest BCUT2D eigenvalue weighted by atomic mass is 19.3. The molecule has 1 N–H and O–H groups in total. The summed E-state index contributed by atoms with van der Waals surface area (Å²) in [6, 6.07) is 5.13. The van der Waals surface area contributed by atoms with Crippen LogP contribution >= 0.6 is 0 Å². The molecule has 1 unspecified atom stereocenters. The molecule has 0 saturated carbocycles. The third kappa shape index (κ3) is 3.47. The maximum absolute atomic E-state index is 12.0. The number of ether oxygens (including phenoxy) is 1. The van der Waals surface area contributed by atoms with E-state index in [1.165, 1.54) is 0 Å². The van der Waals surface area contributed by atoms with Crippen LogP contribution in [0.2, 0.25) is 0 Å². The minimum Gasteiger partial charge on any atom is -0.487 e. The summed E-state index contributed by atoms with van der Waals surface area (Å²) in [5.41, 5.74) is 1.44. The Morgan fingerprint density at radius 1 is 1.40 bits per heavy atom. The van der Waals surface area contributed by atoms with E-state index in [2.05, 4.69) is 0 Å². The second-order valence-corrected chi connectivity index (χ2v) is 3.42. The van der Waals surface area contributed by atoms with Crippen molar-refractivity contribution < 1.29 is 18.6 Å². The van der Waals surface area contributed by atoms with Crippen LogP contribution in [-0.2, 0) is 0 Å². The number of hydrogen-bond acceptors (Lipinski definition) is 2. The molecular weight excluding hydrogens is 202 g/mol. The zero-order valence-corrected chi connectivity index (χ0v) is 8.71. The van der Waals surface area contributed by atoms with E-state index >= 15 is 0 Å². The Kier molecular flexibility index (Phi) is 4.03. The lowest BCUT2D eigenvalue weighted by Gasteiger charge is -2.13. The lowest BCUT2D eigenvalue weighted by atomic mass is 10.1. The van der Waals surface area contributed by atoms with Crippen LogP contribution in [0, 0.1) is 6.92 Å². The first-order valence-corrected chi connectivity index (χ1v) is 4.70. The molecule has 0 aromatic heterocycles. The van der Waals surface area contributed by atoms with E-state index in [-0.39, 0.29) is 0 Å². The van der Waals surface area contributed by atoms with Crippen molar-refractivity contribution in [2.75, 3.05) is 6.61 Å². The van der Waals surface area contributed by atoms with E-state index in [0.717, 1.165) is 5.56 Å². The van der Waals surface area contributed by atoms with Gasteiger partial charge in [0.15, 0.2) is 0 Å². The zero-order valence-electron chi connectivity index (χ0n) is 8.71. The number of benzene rings is 1. The minimum atomic E-state index is -2.51. The van der Waals surface area contributed by atoms with Gasteiger partial charge in [0.25, 0.3) is 6.43 Å². The van der Waals surface area contributed by atoms with Crippen LogP contribution in [0.5, 0.6) is 5.75 Å². The summed E-state index contributed by atoms with van der Waals surface area (Å²) in [4.78, 5) is 0. The quantitative estimate of drug-likeness (QED) is 0.838. The fourth-order valence-electron chi connectivity index (χ4n) is 1.26.